The average molecular weight is 280 g/mol. The Balaban J connectivity index is 2.24. The van der Waals surface area contributed by atoms with E-state index < -0.39 is 5.63 Å². The lowest BCUT2D eigenvalue weighted by Gasteiger charge is -2.01. The van der Waals surface area contributed by atoms with Gasteiger partial charge in [-0.3, -0.25) is 0 Å². The number of nitrogens with zero attached hydrogens (tertiary/aromatic N) is 1. The molecule has 1 N–H and O–H groups in total. The van der Waals surface area contributed by atoms with Gasteiger partial charge < -0.3 is 9.52 Å². The first-order chi connectivity index (χ1) is 8.65. The minimum atomic E-state index is -0.422. The molecule has 0 radical (unpaired) electrons. The Morgan fingerprint density at radius 1 is 1.33 bits per heavy atom. The van der Waals surface area contributed by atoms with Crippen LogP contribution >= 0.6 is 22.9 Å². The fourth-order valence-corrected chi connectivity index (χ4v) is 2.46. The molecule has 90 valence electrons. The van der Waals surface area contributed by atoms with Crippen molar-refractivity contribution in [2.24, 2.45) is 0 Å². The molecule has 4 nitrogen and oxygen atoms in total. The lowest BCUT2D eigenvalue weighted by Crippen LogP contribution is -2.00. The maximum Gasteiger partial charge on any atom is 0.357 e. The summed E-state index contributed by atoms with van der Waals surface area (Å²) in [5, 5.41) is 11.3. The number of rotatable bonds is 1. The molecule has 0 aliphatic heterocycles. The van der Waals surface area contributed by atoms with Crippen LogP contribution in [0.3, 0.4) is 0 Å². The largest absolute Gasteiger partial charge is 0.506 e. The minimum Gasteiger partial charge on any atom is -0.506 e. The molecule has 0 unspecified atom stereocenters. The van der Waals surface area contributed by atoms with E-state index in [0.717, 1.165) is 0 Å². The third-order valence-electron chi connectivity index (χ3n) is 2.44. The molecule has 18 heavy (non-hydrogen) atoms. The van der Waals surface area contributed by atoms with Gasteiger partial charge in [-0.15, -0.1) is 11.3 Å². The van der Waals surface area contributed by atoms with Crippen LogP contribution in [0.5, 0.6) is 5.75 Å². The third-order valence-corrected chi connectivity index (χ3v) is 3.62. The zero-order valence-corrected chi connectivity index (χ0v) is 10.5. The summed E-state index contributed by atoms with van der Waals surface area (Å²) >= 11 is 7.09. The average Bonchev–Trinajstić information content (AvgIpc) is 2.81. The van der Waals surface area contributed by atoms with Gasteiger partial charge in [-0.25, -0.2) is 9.78 Å². The van der Waals surface area contributed by atoms with E-state index in [0.29, 0.717) is 15.8 Å². The molecular formula is C12H6ClNO3S. The summed E-state index contributed by atoms with van der Waals surface area (Å²) in [5.41, 5.74) is 0.715. The Kier molecular flexibility index (Phi) is 2.57. The number of hydrogen-bond donors (Lipinski definition) is 1. The summed E-state index contributed by atoms with van der Waals surface area (Å²) in [6.07, 6.45) is 0. The molecule has 2 heterocycles. The highest BCUT2D eigenvalue weighted by Gasteiger charge is 2.10. The van der Waals surface area contributed by atoms with Crippen LogP contribution in [0.15, 0.2) is 38.9 Å². The summed E-state index contributed by atoms with van der Waals surface area (Å²) in [5.74, 6) is 0.159. The quantitative estimate of drug-likeness (QED) is 0.742. The summed E-state index contributed by atoms with van der Waals surface area (Å²) in [7, 11) is 0. The van der Waals surface area contributed by atoms with Gasteiger partial charge in [0.05, 0.1) is 10.5 Å². The molecule has 0 fully saturated rings. The molecule has 0 spiro atoms. The molecule has 0 saturated carbocycles. The van der Waals surface area contributed by atoms with E-state index in [2.05, 4.69) is 4.98 Å². The van der Waals surface area contributed by atoms with Crippen LogP contribution < -0.4 is 5.63 Å². The Morgan fingerprint density at radius 3 is 2.94 bits per heavy atom. The number of thiophene rings is 1. The van der Waals surface area contributed by atoms with Gasteiger partial charge in [-0.2, -0.15) is 0 Å². The zero-order valence-electron chi connectivity index (χ0n) is 8.88. The molecule has 0 saturated heterocycles. The van der Waals surface area contributed by atoms with Crippen LogP contribution in [0.4, 0.5) is 0 Å². The molecule has 0 atom stereocenters. The molecule has 3 rings (SSSR count). The van der Waals surface area contributed by atoms with Crippen molar-refractivity contribution < 1.29 is 9.52 Å². The number of halogens is 1. The Hall–Kier alpha value is -1.85. The van der Waals surface area contributed by atoms with E-state index in [1.807, 2.05) is 0 Å². The van der Waals surface area contributed by atoms with Crippen molar-refractivity contribution in [3.05, 3.63) is 45.1 Å². The van der Waals surface area contributed by atoms with Crippen LogP contribution in [-0.4, -0.2) is 10.1 Å². The smallest absolute Gasteiger partial charge is 0.357 e. The second-order valence-corrected chi connectivity index (χ2v) is 4.93. The third kappa shape index (κ3) is 1.77. The Morgan fingerprint density at radius 2 is 2.17 bits per heavy atom. The van der Waals surface area contributed by atoms with Crippen molar-refractivity contribution >= 4 is 33.2 Å². The van der Waals surface area contributed by atoms with Crippen molar-refractivity contribution in [2.75, 3.05) is 0 Å². The Labute approximate surface area is 110 Å². The summed E-state index contributed by atoms with van der Waals surface area (Å²) in [4.78, 5) is 15.9. The van der Waals surface area contributed by atoms with Gasteiger partial charge in [-0.05, 0) is 29.6 Å². The van der Waals surface area contributed by atoms with Crippen LogP contribution in [0, 0.1) is 0 Å². The van der Waals surface area contributed by atoms with E-state index in [1.165, 1.54) is 23.5 Å². The van der Waals surface area contributed by atoms with Gasteiger partial charge in [0.2, 0.25) is 5.89 Å². The zero-order chi connectivity index (χ0) is 12.7. The minimum absolute atomic E-state index is 0.0284. The van der Waals surface area contributed by atoms with Crippen LogP contribution in [0.25, 0.3) is 21.7 Å². The monoisotopic (exact) mass is 279 g/mol. The molecule has 1 aromatic carbocycles. The van der Waals surface area contributed by atoms with Crippen molar-refractivity contribution in [1.29, 1.82) is 0 Å². The van der Waals surface area contributed by atoms with E-state index in [9.17, 15) is 9.90 Å². The molecular weight excluding hydrogens is 274 g/mol. The standard InChI is InChI=1S/C12H6ClNO3S/c13-7-5-6(1-2-9(7)15)11-14-8-3-4-18-10(8)12(16)17-11/h1-5,15H. The van der Waals surface area contributed by atoms with E-state index in [4.69, 9.17) is 16.0 Å². The molecule has 0 aliphatic rings. The predicted molar refractivity (Wildman–Crippen MR) is 70.3 cm³/mol. The van der Waals surface area contributed by atoms with Crippen LogP contribution in [0.2, 0.25) is 5.02 Å². The van der Waals surface area contributed by atoms with Gasteiger partial charge in [0.15, 0.2) is 0 Å². The Bertz CT molecular complexity index is 793. The number of fused-ring (bicyclic) bond motifs is 1. The second-order valence-electron chi connectivity index (χ2n) is 3.61. The fraction of sp³-hybridized carbons (Fsp3) is 0. The van der Waals surface area contributed by atoms with E-state index in [1.54, 1.807) is 17.5 Å². The first-order valence-electron chi connectivity index (χ1n) is 5.02. The van der Waals surface area contributed by atoms with Gasteiger partial charge in [0, 0.05) is 5.56 Å². The molecule has 0 bridgehead atoms. The second kappa shape index (κ2) is 4.12. The normalized spacial score (nSPS) is 10.9. The highest BCUT2D eigenvalue weighted by Crippen LogP contribution is 2.29. The molecule has 3 aromatic rings. The van der Waals surface area contributed by atoms with Gasteiger partial charge in [-0.1, -0.05) is 11.6 Å². The molecule has 0 aliphatic carbocycles. The van der Waals surface area contributed by atoms with Crippen molar-refractivity contribution in [3.63, 3.8) is 0 Å². The SMILES string of the molecule is O=c1oc(-c2ccc(O)c(Cl)c2)nc2ccsc12. The summed E-state index contributed by atoms with van der Waals surface area (Å²) in [6.45, 7) is 0. The highest BCUT2D eigenvalue weighted by atomic mass is 35.5. The lowest BCUT2D eigenvalue weighted by atomic mass is 10.2. The lowest BCUT2D eigenvalue weighted by molar-refractivity contribution is 0.475. The number of aromatic nitrogens is 1. The molecule has 0 amide bonds. The van der Waals surface area contributed by atoms with E-state index >= 15 is 0 Å². The summed E-state index contributed by atoms with van der Waals surface area (Å²) in [6, 6.07) is 6.27. The van der Waals surface area contributed by atoms with Gasteiger partial charge in [0.1, 0.15) is 10.4 Å². The van der Waals surface area contributed by atoms with E-state index in [-0.39, 0.29) is 16.7 Å². The number of hydrogen-bond acceptors (Lipinski definition) is 5. The van der Waals surface area contributed by atoms with Gasteiger partial charge >= 0.3 is 5.63 Å². The maximum absolute atomic E-state index is 11.7. The topological polar surface area (TPSA) is 63.3 Å². The maximum atomic E-state index is 11.7. The van der Waals surface area contributed by atoms with Crippen molar-refractivity contribution in [2.45, 2.75) is 0 Å². The summed E-state index contributed by atoms with van der Waals surface area (Å²) < 4.78 is 5.62. The number of aromatic hydroxyl groups is 1. The highest BCUT2D eigenvalue weighted by molar-refractivity contribution is 7.17. The molecule has 6 heteroatoms. The first-order valence-corrected chi connectivity index (χ1v) is 6.28. The first kappa shape index (κ1) is 11.3. The molecule has 2 aromatic heterocycles. The predicted octanol–water partition coefficient (Wildman–Crippen LogP) is 3.28. The van der Waals surface area contributed by atoms with Crippen molar-refractivity contribution in [3.8, 4) is 17.2 Å². The van der Waals surface area contributed by atoms with Crippen LogP contribution in [0.1, 0.15) is 0 Å². The number of phenolic OH excluding ortho intramolecular Hbond substituents is 1. The fourth-order valence-electron chi connectivity index (χ4n) is 1.57. The number of benzene rings is 1. The van der Waals surface area contributed by atoms with Gasteiger partial charge in [0.25, 0.3) is 0 Å². The van der Waals surface area contributed by atoms with Crippen LogP contribution in [-0.2, 0) is 0 Å². The number of phenols is 1. The van der Waals surface area contributed by atoms with Crippen molar-refractivity contribution in [1.82, 2.24) is 4.98 Å².